The fourth-order valence-corrected chi connectivity index (χ4v) is 2.67. The number of hydrogen-bond donors (Lipinski definition) is 0. The summed E-state index contributed by atoms with van der Waals surface area (Å²) in [5, 5.41) is 7.78. The van der Waals surface area contributed by atoms with Gasteiger partial charge in [-0.25, -0.2) is 4.39 Å². The van der Waals surface area contributed by atoms with Gasteiger partial charge in [0.25, 0.3) is 5.91 Å². The number of rotatable bonds is 4. The molecule has 1 aromatic carbocycles. The van der Waals surface area contributed by atoms with Crippen LogP contribution in [-0.4, -0.2) is 58.6 Å². The van der Waals surface area contributed by atoms with Crippen molar-refractivity contribution in [3.8, 4) is 0 Å². The Morgan fingerprint density at radius 1 is 1.22 bits per heavy atom. The van der Waals surface area contributed by atoms with E-state index in [1.54, 1.807) is 24.0 Å². The van der Waals surface area contributed by atoms with Gasteiger partial charge >= 0.3 is 0 Å². The molecule has 122 valence electrons. The van der Waals surface area contributed by atoms with Gasteiger partial charge in [-0.15, -0.1) is 10.2 Å². The first kappa shape index (κ1) is 15.6. The summed E-state index contributed by atoms with van der Waals surface area (Å²) in [5.74, 6) is 0.495. The monoisotopic (exact) mass is 318 g/mol. The minimum absolute atomic E-state index is 0.141. The van der Waals surface area contributed by atoms with Gasteiger partial charge < -0.3 is 9.32 Å². The van der Waals surface area contributed by atoms with Crippen molar-refractivity contribution in [3.63, 3.8) is 0 Å². The Bertz CT molecular complexity index is 680. The van der Waals surface area contributed by atoms with E-state index in [0.717, 1.165) is 19.6 Å². The zero-order valence-corrected chi connectivity index (χ0v) is 13.0. The molecule has 2 heterocycles. The minimum atomic E-state index is -0.466. The Morgan fingerprint density at radius 3 is 2.61 bits per heavy atom. The molecule has 1 aliphatic rings. The summed E-state index contributed by atoms with van der Waals surface area (Å²) in [6.07, 6.45) is 0.697. The van der Waals surface area contributed by atoms with E-state index in [-0.39, 0.29) is 11.5 Å². The normalized spacial score (nSPS) is 15.8. The number of carbonyl (C=O) groups excluding carboxylic acids is 1. The lowest BCUT2D eigenvalue weighted by Gasteiger charge is -2.34. The van der Waals surface area contributed by atoms with Crippen LogP contribution in [0.4, 0.5) is 4.39 Å². The van der Waals surface area contributed by atoms with E-state index in [4.69, 9.17) is 4.42 Å². The van der Waals surface area contributed by atoms with Crippen LogP contribution in [0.1, 0.15) is 22.1 Å². The number of aromatic nitrogens is 2. The summed E-state index contributed by atoms with van der Waals surface area (Å²) in [6, 6.07) is 6.11. The van der Waals surface area contributed by atoms with Crippen LogP contribution in [0.15, 0.2) is 28.7 Å². The minimum Gasteiger partial charge on any atom is -0.426 e. The standard InChI is InChI=1S/C16H19FN4O2/c1-12-18-19-15(23-12)6-7-20-8-10-21(11-9-20)16(22)13-4-2-3-5-14(13)17/h2-5H,6-11H2,1H3. The predicted molar refractivity (Wildman–Crippen MR) is 81.5 cm³/mol. The highest BCUT2D eigenvalue weighted by Gasteiger charge is 2.23. The highest BCUT2D eigenvalue weighted by Crippen LogP contribution is 2.12. The first-order valence-electron chi connectivity index (χ1n) is 7.68. The van der Waals surface area contributed by atoms with Gasteiger partial charge in [-0.3, -0.25) is 9.69 Å². The van der Waals surface area contributed by atoms with E-state index in [2.05, 4.69) is 15.1 Å². The summed E-state index contributed by atoms with van der Waals surface area (Å²) >= 11 is 0. The molecule has 2 aromatic rings. The maximum Gasteiger partial charge on any atom is 0.256 e. The van der Waals surface area contributed by atoms with E-state index in [1.165, 1.54) is 12.1 Å². The summed E-state index contributed by atoms with van der Waals surface area (Å²) < 4.78 is 19.1. The van der Waals surface area contributed by atoms with Crippen LogP contribution < -0.4 is 0 Å². The third kappa shape index (κ3) is 3.73. The van der Waals surface area contributed by atoms with Gasteiger partial charge in [-0.05, 0) is 12.1 Å². The molecule has 23 heavy (non-hydrogen) atoms. The van der Waals surface area contributed by atoms with Gasteiger partial charge in [0.15, 0.2) is 0 Å². The lowest BCUT2D eigenvalue weighted by molar-refractivity contribution is 0.0632. The summed E-state index contributed by atoms with van der Waals surface area (Å²) in [4.78, 5) is 16.3. The number of hydrogen-bond acceptors (Lipinski definition) is 5. The van der Waals surface area contributed by atoms with Crippen LogP contribution in [0.5, 0.6) is 0 Å². The molecule has 0 bridgehead atoms. The molecule has 1 amide bonds. The van der Waals surface area contributed by atoms with Crippen LogP contribution in [-0.2, 0) is 6.42 Å². The number of amides is 1. The summed E-state index contributed by atoms with van der Waals surface area (Å²) in [5.41, 5.74) is 0.141. The van der Waals surface area contributed by atoms with Gasteiger partial charge in [0.05, 0.1) is 5.56 Å². The molecule has 0 unspecified atom stereocenters. The molecular weight excluding hydrogens is 299 g/mol. The van der Waals surface area contributed by atoms with Crippen LogP contribution in [0.25, 0.3) is 0 Å². The quantitative estimate of drug-likeness (QED) is 0.855. The second kappa shape index (κ2) is 6.87. The number of nitrogens with zero attached hydrogens (tertiary/aromatic N) is 4. The van der Waals surface area contributed by atoms with Crippen molar-refractivity contribution in [2.45, 2.75) is 13.3 Å². The van der Waals surface area contributed by atoms with Crippen molar-refractivity contribution in [1.29, 1.82) is 0 Å². The number of carbonyl (C=O) groups is 1. The molecule has 1 aliphatic heterocycles. The zero-order chi connectivity index (χ0) is 16.2. The van der Waals surface area contributed by atoms with Crippen molar-refractivity contribution in [2.75, 3.05) is 32.7 Å². The maximum atomic E-state index is 13.7. The van der Waals surface area contributed by atoms with Gasteiger partial charge in [0.2, 0.25) is 11.8 Å². The second-order valence-corrected chi connectivity index (χ2v) is 5.58. The van der Waals surface area contributed by atoms with E-state index in [1.807, 2.05) is 0 Å². The first-order valence-corrected chi connectivity index (χ1v) is 7.68. The fourth-order valence-electron chi connectivity index (χ4n) is 2.67. The number of piperazine rings is 1. The molecule has 0 radical (unpaired) electrons. The first-order chi connectivity index (χ1) is 11.1. The van der Waals surface area contributed by atoms with Crippen molar-refractivity contribution < 1.29 is 13.6 Å². The molecule has 0 aliphatic carbocycles. The molecule has 3 rings (SSSR count). The van der Waals surface area contributed by atoms with Crippen molar-refractivity contribution in [1.82, 2.24) is 20.0 Å². The number of halogens is 1. The van der Waals surface area contributed by atoms with Gasteiger partial charge in [0.1, 0.15) is 5.82 Å². The van der Waals surface area contributed by atoms with Crippen molar-refractivity contribution >= 4 is 5.91 Å². The molecule has 0 saturated carbocycles. The SMILES string of the molecule is Cc1nnc(CCN2CCN(C(=O)c3ccccc3F)CC2)o1. The van der Waals surface area contributed by atoms with Gasteiger partial charge in [-0.2, -0.15) is 0 Å². The smallest absolute Gasteiger partial charge is 0.256 e. The maximum absolute atomic E-state index is 13.7. The second-order valence-electron chi connectivity index (χ2n) is 5.58. The number of benzene rings is 1. The summed E-state index contributed by atoms with van der Waals surface area (Å²) in [7, 11) is 0. The van der Waals surface area contributed by atoms with Gasteiger partial charge in [-0.1, -0.05) is 12.1 Å². The lowest BCUT2D eigenvalue weighted by Crippen LogP contribution is -2.49. The van der Waals surface area contributed by atoms with Crippen LogP contribution in [0.2, 0.25) is 0 Å². The van der Waals surface area contributed by atoms with Gasteiger partial charge in [0, 0.05) is 46.1 Å². The average Bonchev–Trinajstić information content (AvgIpc) is 2.99. The molecule has 0 N–H and O–H groups in total. The van der Waals surface area contributed by atoms with Crippen molar-refractivity contribution in [2.24, 2.45) is 0 Å². The predicted octanol–water partition coefficient (Wildman–Crippen LogP) is 1.52. The summed E-state index contributed by atoms with van der Waals surface area (Å²) in [6.45, 7) is 5.28. The third-order valence-electron chi connectivity index (χ3n) is 3.97. The largest absolute Gasteiger partial charge is 0.426 e. The highest BCUT2D eigenvalue weighted by atomic mass is 19.1. The van der Waals surface area contributed by atoms with E-state index >= 15 is 0 Å². The van der Waals surface area contributed by atoms with E-state index < -0.39 is 5.82 Å². The molecule has 1 aromatic heterocycles. The fraction of sp³-hybridized carbons (Fsp3) is 0.438. The molecular formula is C16H19FN4O2. The highest BCUT2D eigenvalue weighted by molar-refractivity contribution is 5.94. The Hall–Kier alpha value is -2.28. The lowest BCUT2D eigenvalue weighted by atomic mass is 10.1. The van der Waals surface area contributed by atoms with Crippen LogP contribution in [0, 0.1) is 12.7 Å². The van der Waals surface area contributed by atoms with Crippen molar-refractivity contribution in [3.05, 3.63) is 47.4 Å². The van der Waals surface area contributed by atoms with Crippen LogP contribution in [0.3, 0.4) is 0 Å². The molecule has 7 heteroatoms. The Balaban J connectivity index is 1.50. The molecule has 0 atom stereocenters. The molecule has 0 spiro atoms. The van der Waals surface area contributed by atoms with E-state index in [9.17, 15) is 9.18 Å². The Kier molecular flexibility index (Phi) is 4.66. The molecule has 6 nitrogen and oxygen atoms in total. The Labute approximate surface area is 133 Å². The zero-order valence-electron chi connectivity index (χ0n) is 13.0. The average molecular weight is 318 g/mol. The third-order valence-corrected chi connectivity index (χ3v) is 3.97. The molecule has 1 saturated heterocycles. The number of aryl methyl sites for hydroxylation is 1. The molecule has 1 fully saturated rings. The topological polar surface area (TPSA) is 62.5 Å². The Morgan fingerprint density at radius 2 is 1.96 bits per heavy atom. The van der Waals surface area contributed by atoms with E-state index in [0.29, 0.717) is 31.3 Å². The van der Waals surface area contributed by atoms with Crippen LogP contribution >= 0.6 is 0 Å².